The van der Waals surface area contributed by atoms with Gasteiger partial charge >= 0.3 is 0 Å². The van der Waals surface area contributed by atoms with Crippen LogP contribution in [0.1, 0.15) is 55.4 Å². The van der Waals surface area contributed by atoms with Crippen molar-refractivity contribution in [2.45, 2.75) is 55.4 Å². The fourth-order valence-electron chi connectivity index (χ4n) is 1.000. The normalized spacial score (nSPS) is 8.00. The average Bonchev–Trinajstić information content (AvgIpc) is 2.44. The van der Waals surface area contributed by atoms with Crippen molar-refractivity contribution in [1.82, 2.24) is 21.3 Å². The molecule has 0 aromatic rings. The molecule has 4 nitrogen and oxygen atoms in total. The van der Waals surface area contributed by atoms with Gasteiger partial charge in [0, 0.05) is 19.5 Å². The summed E-state index contributed by atoms with van der Waals surface area (Å²) in [5.41, 5.74) is 0. The van der Waals surface area contributed by atoms with E-state index in [1.165, 1.54) is 0 Å². The number of rotatable bonds is 8. The van der Waals surface area contributed by atoms with Crippen LogP contribution in [-0.2, 0) is 19.5 Å². The standard InChI is InChI=1S/4C4H11N.Ru/c4*1-3-5-4-2;/h4*5H,3-4H2,1-2H3;. The maximum atomic E-state index is 3.11. The van der Waals surface area contributed by atoms with Crippen LogP contribution in [0.5, 0.6) is 0 Å². The van der Waals surface area contributed by atoms with Gasteiger partial charge in [-0.25, -0.2) is 0 Å². The Bertz CT molecular complexity index is 74.3. The van der Waals surface area contributed by atoms with Crippen LogP contribution in [0.4, 0.5) is 0 Å². The molecule has 0 saturated carbocycles. The molecule has 4 N–H and O–H groups in total. The van der Waals surface area contributed by atoms with E-state index < -0.39 is 0 Å². The summed E-state index contributed by atoms with van der Waals surface area (Å²) in [5, 5.41) is 12.4. The zero-order valence-electron chi connectivity index (χ0n) is 16.0. The van der Waals surface area contributed by atoms with Gasteiger partial charge in [-0.15, -0.1) is 0 Å². The third-order valence-electron chi connectivity index (χ3n) is 2.00. The van der Waals surface area contributed by atoms with E-state index in [-0.39, 0.29) is 19.5 Å². The van der Waals surface area contributed by atoms with Gasteiger partial charge in [-0.1, -0.05) is 55.4 Å². The smallest absolute Gasteiger partial charge is 0 e. The summed E-state index contributed by atoms with van der Waals surface area (Å²) >= 11 is 0. The second-order valence-electron chi connectivity index (χ2n) is 3.83. The summed E-state index contributed by atoms with van der Waals surface area (Å²) < 4.78 is 0. The first-order valence-electron chi connectivity index (χ1n) is 8.49. The Balaban J connectivity index is -0.0000000533. The largest absolute Gasteiger partial charge is 0.317 e. The Kier molecular flexibility index (Phi) is 78.8. The summed E-state index contributed by atoms with van der Waals surface area (Å²) in [6.07, 6.45) is 0. The Morgan fingerprint density at radius 1 is 0.333 bits per heavy atom. The van der Waals surface area contributed by atoms with E-state index in [0.29, 0.717) is 0 Å². The van der Waals surface area contributed by atoms with Gasteiger partial charge in [0.15, 0.2) is 0 Å². The van der Waals surface area contributed by atoms with Crippen molar-refractivity contribution in [1.29, 1.82) is 0 Å². The Morgan fingerprint density at radius 3 is 0.429 bits per heavy atom. The van der Waals surface area contributed by atoms with Gasteiger partial charge in [0.05, 0.1) is 0 Å². The third kappa shape index (κ3) is 97.4. The van der Waals surface area contributed by atoms with Crippen LogP contribution >= 0.6 is 0 Å². The molecule has 0 aliphatic rings. The summed E-state index contributed by atoms with van der Waals surface area (Å²) in [7, 11) is 0. The predicted molar refractivity (Wildman–Crippen MR) is 96.9 cm³/mol. The third-order valence-corrected chi connectivity index (χ3v) is 2.00. The van der Waals surface area contributed by atoms with Gasteiger partial charge in [-0.05, 0) is 52.4 Å². The minimum absolute atomic E-state index is 0. The molecule has 0 spiro atoms. The van der Waals surface area contributed by atoms with E-state index in [9.17, 15) is 0 Å². The van der Waals surface area contributed by atoms with Gasteiger partial charge in [0.25, 0.3) is 0 Å². The molecule has 0 heterocycles. The summed E-state index contributed by atoms with van der Waals surface area (Å²) in [6.45, 7) is 25.6. The molecule has 0 aliphatic heterocycles. The van der Waals surface area contributed by atoms with Crippen LogP contribution in [0.25, 0.3) is 0 Å². The first kappa shape index (κ1) is 33.2. The molecule has 21 heavy (non-hydrogen) atoms. The molecule has 0 radical (unpaired) electrons. The van der Waals surface area contributed by atoms with Crippen molar-refractivity contribution in [2.24, 2.45) is 0 Å². The Hall–Kier alpha value is 0.463. The molecule has 0 aromatic carbocycles. The molecule has 0 aromatic heterocycles. The minimum Gasteiger partial charge on any atom is -0.317 e. The van der Waals surface area contributed by atoms with Crippen LogP contribution in [0.2, 0.25) is 0 Å². The predicted octanol–water partition coefficient (Wildman–Crippen LogP) is 2.46. The molecule has 0 amide bonds. The number of hydrogen-bond acceptors (Lipinski definition) is 4. The number of hydrogen-bond donors (Lipinski definition) is 4. The van der Waals surface area contributed by atoms with E-state index in [1.807, 2.05) is 0 Å². The van der Waals surface area contributed by atoms with Gasteiger partial charge in [0.1, 0.15) is 0 Å². The summed E-state index contributed by atoms with van der Waals surface area (Å²) in [4.78, 5) is 0. The quantitative estimate of drug-likeness (QED) is 0.479. The van der Waals surface area contributed by atoms with Crippen LogP contribution in [-0.4, -0.2) is 52.4 Å². The maximum absolute atomic E-state index is 3.11. The molecule has 0 bridgehead atoms. The SMILES string of the molecule is CCNCC.CCNCC.CCNCC.CCNCC.[Ru]. The fourth-order valence-corrected chi connectivity index (χ4v) is 1.000. The van der Waals surface area contributed by atoms with E-state index in [4.69, 9.17) is 0 Å². The van der Waals surface area contributed by atoms with Gasteiger partial charge in [-0.2, -0.15) is 0 Å². The van der Waals surface area contributed by atoms with Gasteiger partial charge < -0.3 is 21.3 Å². The first-order chi connectivity index (χ1) is 9.66. The van der Waals surface area contributed by atoms with E-state index >= 15 is 0 Å². The zero-order chi connectivity index (χ0) is 16.5. The zero-order valence-corrected chi connectivity index (χ0v) is 17.7. The molecule has 0 atom stereocenters. The van der Waals surface area contributed by atoms with Crippen molar-refractivity contribution in [3.63, 3.8) is 0 Å². The topological polar surface area (TPSA) is 48.1 Å². The van der Waals surface area contributed by atoms with Crippen LogP contribution in [0, 0.1) is 0 Å². The second-order valence-corrected chi connectivity index (χ2v) is 3.83. The van der Waals surface area contributed by atoms with Gasteiger partial charge in [0.2, 0.25) is 0 Å². The van der Waals surface area contributed by atoms with Crippen molar-refractivity contribution < 1.29 is 19.5 Å². The van der Waals surface area contributed by atoms with Gasteiger partial charge in [-0.3, -0.25) is 0 Å². The fraction of sp³-hybridized carbons (Fsp3) is 1.00. The second kappa shape index (κ2) is 49.9. The van der Waals surface area contributed by atoms with E-state index in [1.54, 1.807) is 0 Å². The molecule has 0 saturated heterocycles. The molecule has 0 unspecified atom stereocenters. The van der Waals surface area contributed by atoms with Crippen LogP contribution in [0.3, 0.4) is 0 Å². The summed E-state index contributed by atoms with van der Waals surface area (Å²) in [6, 6.07) is 0. The van der Waals surface area contributed by atoms with Crippen molar-refractivity contribution in [2.75, 3.05) is 52.4 Å². The molecule has 0 rings (SSSR count). The van der Waals surface area contributed by atoms with Crippen molar-refractivity contribution in [3.05, 3.63) is 0 Å². The maximum Gasteiger partial charge on any atom is 0 e. The van der Waals surface area contributed by atoms with Crippen LogP contribution in [0.15, 0.2) is 0 Å². The Labute approximate surface area is 148 Å². The molecule has 136 valence electrons. The molecule has 5 heteroatoms. The molecule has 0 fully saturated rings. The first-order valence-corrected chi connectivity index (χ1v) is 8.49. The van der Waals surface area contributed by atoms with E-state index in [0.717, 1.165) is 52.4 Å². The Morgan fingerprint density at radius 2 is 0.429 bits per heavy atom. The monoisotopic (exact) mass is 394 g/mol. The van der Waals surface area contributed by atoms with Crippen molar-refractivity contribution in [3.8, 4) is 0 Å². The molecular weight excluding hydrogens is 349 g/mol. The van der Waals surface area contributed by atoms with E-state index in [2.05, 4.69) is 76.7 Å². The summed E-state index contributed by atoms with van der Waals surface area (Å²) in [5.74, 6) is 0. The minimum atomic E-state index is 0. The molecular formula is C16H44N4Ru. The number of nitrogens with one attached hydrogen (secondary N) is 4. The molecule has 0 aliphatic carbocycles. The van der Waals surface area contributed by atoms with Crippen molar-refractivity contribution >= 4 is 0 Å². The van der Waals surface area contributed by atoms with Crippen LogP contribution < -0.4 is 21.3 Å². The average molecular weight is 394 g/mol.